The van der Waals surface area contributed by atoms with E-state index in [1.165, 1.54) is 11.7 Å². The Kier molecular flexibility index (Phi) is 4.16. The van der Waals surface area contributed by atoms with Gasteiger partial charge in [-0.2, -0.15) is 0 Å². The van der Waals surface area contributed by atoms with E-state index in [1.54, 1.807) is 0 Å². The first-order chi connectivity index (χ1) is 7.84. The Labute approximate surface area is 97.0 Å². The van der Waals surface area contributed by atoms with E-state index >= 15 is 0 Å². The van der Waals surface area contributed by atoms with Crippen LogP contribution in [0.5, 0.6) is 0 Å². The highest BCUT2D eigenvalue weighted by atomic mass is 15.1. The molecule has 0 saturated carbocycles. The van der Waals surface area contributed by atoms with Gasteiger partial charge in [-0.25, -0.2) is 0 Å². The molecule has 0 spiro atoms. The maximum absolute atomic E-state index is 4.39. The van der Waals surface area contributed by atoms with Crippen molar-refractivity contribution in [2.45, 2.75) is 12.8 Å². The van der Waals surface area contributed by atoms with Gasteiger partial charge in [0.15, 0.2) is 0 Å². The number of rotatable bonds is 6. The topological polar surface area (TPSA) is 52.0 Å². The lowest BCUT2D eigenvalue weighted by Gasteiger charge is -2.16. The SMILES string of the molecule is CN(CCC1=NCCN1)CCC1=NCCN1. The number of nitrogens with zero attached hydrogens (tertiary/aromatic N) is 3. The normalized spacial score (nSPS) is 19.4. The molecule has 0 atom stereocenters. The molecule has 2 rings (SSSR count). The van der Waals surface area contributed by atoms with Crippen molar-refractivity contribution in [3.8, 4) is 0 Å². The van der Waals surface area contributed by atoms with Crippen LogP contribution in [0.4, 0.5) is 0 Å². The van der Waals surface area contributed by atoms with Crippen LogP contribution in [0.15, 0.2) is 9.98 Å². The summed E-state index contributed by atoms with van der Waals surface area (Å²) in [6.07, 6.45) is 2.08. The lowest BCUT2D eigenvalue weighted by Crippen LogP contribution is -2.29. The first-order valence-corrected chi connectivity index (χ1v) is 6.07. The van der Waals surface area contributed by atoms with Crippen molar-refractivity contribution in [2.24, 2.45) is 9.98 Å². The predicted molar refractivity (Wildman–Crippen MR) is 67.3 cm³/mol. The zero-order chi connectivity index (χ0) is 11.2. The largest absolute Gasteiger partial charge is 0.372 e. The molecule has 0 aliphatic carbocycles. The third-order valence-corrected chi connectivity index (χ3v) is 2.95. The van der Waals surface area contributed by atoms with Crippen molar-refractivity contribution in [1.29, 1.82) is 0 Å². The standard InChI is InChI=1S/C11H21N5/c1-16(8-2-10-12-4-5-13-10)9-3-11-14-6-7-15-11/h2-9H2,1H3,(H,12,13)(H,14,15). The van der Waals surface area contributed by atoms with Crippen molar-refractivity contribution < 1.29 is 0 Å². The van der Waals surface area contributed by atoms with Crippen LogP contribution in [-0.4, -0.2) is 62.9 Å². The van der Waals surface area contributed by atoms with Gasteiger partial charge in [0.2, 0.25) is 0 Å². The van der Waals surface area contributed by atoms with Gasteiger partial charge >= 0.3 is 0 Å². The average molecular weight is 223 g/mol. The van der Waals surface area contributed by atoms with Crippen LogP contribution in [0.2, 0.25) is 0 Å². The summed E-state index contributed by atoms with van der Waals surface area (Å²) in [5, 5.41) is 6.59. The number of hydrogen-bond donors (Lipinski definition) is 2. The van der Waals surface area contributed by atoms with Gasteiger partial charge in [-0.05, 0) is 7.05 Å². The molecule has 0 amide bonds. The Morgan fingerprint density at radius 2 is 1.50 bits per heavy atom. The lowest BCUT2D eigenvalue weighted by atomic mass is 10.3. The smallest absolute Gasteiger partial charge is 0.0977 e. The van der Waals surface area contributed by atoms with Gasteiger partial charge in [-0.1, -0.05) is 0 Å². The van der Waals surface area contributed by atoms with Gasteiger partial charge in [0, 0.05) is 39.0 Å². The van der Waals surface area contributed by atoms with Crippen LogP contribution in [-0.2, 0) is 0 Å². The van der Waals surface area contributed by atoms with Gasteiger partial charge < -0.3 is 15.5 Å². The fourth-order valence-electron chi connectivity index (χ4n) is 1.93. The minimum atomic E-state index is 0.944. The third-order valence-electron chi connectivity index (χ3n) is 2.95. The fraction of sp³-hybridized carbons (Fsp3) is 0.818. The predicted octanol–water partition coefficient (Wildman–Crippen LogP) is -0.298. The van der Waals surface area contributed by atoms with Crippen molar-refractivity contribution >= 4 is 11.7 Å². The van der Waals surface area contributed by atoms with E-state index in [0.29, 0.717) is 0 Å². The minimum absolute atomic E-state index is 0.944. The van der Waals surface area contributed by atoms with Gasteiger partial charge in [-0.3, -0.25) is 9.98 Å². The quantitative estimate of drug-likeness (QED) is 0.650. The monoisotopic (exact) mass is 223 g/mol. The second-order valence-corrected chi connectivity index (χ2v) is 4.31. The molecule has 0 bridgehead atoms. The lowest BCUT2D eigenvalue weighted by molar-refractivity contribution is 0.353. The third kappa shape index (κ3) is 3.48. The molecule has 2 aliphatic heterocycles. The molecule has 2 aliphatic rings. The molecule has 0 saturated heterocycles. The second-order valence-electron chi connectivity index (χ2n) is 4.31. The number of amidine groups is 2. The van der Waals surface area contributed by atoms with E-state index in [4.69, 9.17) is 0 Å². The van der Waals surface area contributed by atoms with Gasteiger partial charge in [0.25, 0.3) is 0 Å². The van der Waals surface area contributed by atoms with E-state index < -0.39 is 0 Å². The van der Waals surface area contributed by atoms with E-state index in [9.17, 15) is 0 Å². The van der Waals surface area contributed by atoms with Crippen LogP contribution in [0.3, 0.4) is 0 Å². The molecule has 0 aromatic heterocycles. The summed E-state index contributed by atoms with van der Waals surface area (Å²) in [5.74, 6) is 2.34. The zero-order valence-electron chi connectivity index (χ0n) is 10.00. The van der Waals surface area contributed by atoms with Crippen molar-refractivity contribution in [2.75, 3.05) is 46.3 Å². The molecule has 0 radical (unpaired) electrons. The van der Waals surface area contributed by atoms with E-state index in [2.05, 4.69) is 32.6 Å². The average Bonchev–Trinajstić information content (AvgIpc) is 2.96. The molecule has 2 N–H and O–H groups in total. The molecular formula is C11H21N5. The van der Waals surface area contributed by atoms with Crippen molar-refractivity contribution in [3.05, 3.63) is 0 Å². The molecule has 5 heteroatoms. The second kappa shape index (κ2) is 5.84. The van der Waals surface area contributed by atoms with Crippen LogP contribution >= 0.6 is 0 Å². The van der Waals surface area contributed by atoms with E-state index in [0.717, 1.165) is 52.1 Å². The Morgan fingerprint density at radius 1 is 1.00 bits per heavy atom. The summed E-state index contributed by atoms with van der Waals surface area (Å²) in [6, 6.07) is 0. The maximum atomic E-state index is 4.39. The van der Waals surface area contributed by atoms with Gasteiger partial charge in [-0.15, -0.1) is 0 Å². The Balaban J connectivity index is 1.58. The van der Waals surface area contributed by atoms with Crippen LogP contribution in [0.1, 0.15) is 12.8 Å². The molecule has 5 nitrogen and oxygen atoms in total. The Hall–Kier alpha value is -1.10. The maximum Gasteiger partial charge on any atom is 0.0977 e. The van der Waals surface area contributed by atoms with Crippen molar-refractivity contribution in [3.63, 3.8) is 0 Å². The van der Waals surface area contributed by atoms with E-state index in [-0.39, 0.29) is 0 Å². The van der Waals surface area contributed by atoms with E-state index in [1.807, 2.05) is 0 Å². The van der Waals surface area contributed by atoms with Crippen molar-refractivity contribution in [1.82, 2.24) is 15.5 Å². The van der Waals surface area contributed by atoms with Gasteiger partial charge in [0.1, 0.15) is 0 Å². The molecule has 0 aromatic rings. The summed E-state index contributed by atoms with van der Waals surface area (Å²) in [6.45, 7) is 6.05. The molecule has 0 unspecified atom stereocenters. The first-order valence-electron chi connectivity index (χ1n) is 6.07. The summed E-state index contributed by atoms with van der Waals surface area (Å²) in [4.78, 5) is 11.1. The fourth-order valence-corrected chi connectivity index (χ4v) is 1.93. The summed E-state index contributed by atoms with van der Waals surface area (Å²) in [7, 11) is 2.16. The summed E-state index contributed by atoms with van der Waals surface area (Å²) >= 11 is 0. The molecule has 0 fully saturated rings. The minimum Gasteiger partial charge on any atom is -0.372 e. The highest BCUT2D eigenvalue weighted by Gasteiger charge is 2.08. The molecule has 0 aromatic carbocycles. The highest BCUT2D eigenvalue weighted by Crippen LogP contribution is 1.97. The summed E-state index contributed by atoms with van der Waals surface area (Å²) in [5.41, 5.74) is 0. The number of hydrogen-bond acceptors (Lipinski definition) is 5. The van der Waals surface area contributed by atoms with Crippen LogP contribution < -0.4 is 10.6 Å². The van der Waals surface area contributed by atoms with Crippen LogP contribution in [0.25, 0.3) is 0 Å². The zero-order valence-corrected chi connectivity index (χ0v) is 10.00. The molecular weight excluding hydrogens is 202 g/mol. The Morgan fingerprint density at radius 3 is 1.88 bits per heavy atom. The number of aliphatic imine (C=N–C) groups is 2. The van der Waals surface area contributed by atoms with Crippen LogP contribution in [0, 0.1) is 0 Å². The first kappa shape index (κ1) is 11.4. The Bertz CT molecular complexity index is 256. The molecule has 16 heavy (non-hydrogen) atoms. The molecule has 2 heterocycles. The highest BCUT2D eigenvalue weighted by molar-refractivity contribution is 5.84. The molecule has 90 valence electrons. The van der Waals surface area contributed by atoms with Gasteiger partial charge in [0.05, 0.1) is 24.8 Å². The number of nitrogens with one attached hydrogen (secondary N) is 2. The summed E-state index contributed by atoms with van der Waals surface area (Å²) < 4.78 is 0.